The first-order chi connectivity index (χ1) is 21.0. The van der Waals surface area contributed by atoms with Crippen molar-refractivity contribution in [3.8, 4) is 0 Å². The van der Waals surface area contributed by atoms with Gasteiger partial charge in [0.1, 0.15) is 60.3 Å². The minimum absolute atomic E-state index is 0.189. The lowest BCUT2D eigenvalue weighted by Gasteiger charge is -2.50. The van der Waals surface area contributed by atoms with E-state index in [1.165, 1.54) is 21.0 Å². The number of carboxylic acid groups (broad SMARTS) is 1. The highest BCUT2D eigenvalue weighted by Gasteiger charge is 2.56. The molecule has 0 radical (unpaired) electrons. The lowest BCUT2D eigenvalue weighted by molar-refractivity contribution is -0.336. The van der Waals surface area contributed by atoms with E-state index in [1.807, 2.05) is 6.92 Å². The fourth-order valence-corrected chi connectivity index (χ4v) is 5.49. The van der Waals surface area contributed by atoms with Gasteiger partial charge in [0, 0.05) is 26.0 Å². The largest absolute Gasteiger partial charge is 0.507 e. The van der Waals surface area contributed by atoms with Crippen LogP contribution in [-0.4, -0.2) is 129 Å². The van der Waals surface area contributed by atoms with Crippen LogP contribution < -0.4 is 0 Å². The number of rotatable bonds is 11. The Balaban J connectivity index is 1.92. The number of nitrogens with one attached hydrogen (secondary N) is 1. The molecule has 11 unspecified atom stereocenters. The summed E-state index contributed by atoms with van der Waals surface area (Å²) in [6.07, 6.45) is -11.7. The first-order valence-corrected chi connectivity index (χ1v) is 14.4. The topological polar surface area (TPSA) is 249 Å². The normalized spacial score (nSPS) is 35.4. The molecule has 0 saturated carbocycles. The maximum Gasteiger partial charge on any atom is 0.341 e. The van der Waals surface area contributed by atoms with Gasteiger partial charge in [0.15, 0.2) is 11.9 Å². The van der Waals surface area contributed by atoms with Crippen LogP contribution in [0.25, 0.3) is 0 Å². The monoisotopic (exact) mass is 643 g/mol. The van der Waals surface area contributed by atoms with E-state index in [2.05, 4.69) is 0 Å². The molecule has 11 atom stereocenters. The van der Waals surface area contributed by atoms with Crippen molar-refractivity contribution >= 4 is 29.4 Å². The summed E-state index contributed by atoms with van der Waals surface area (Å²) in [5, 5.41) is 62.0. The van der Waals surface area contributed by atoms with Gasteiger partial charge in [0.25, 0.3) is 0 Å². The van der Waals surface area contributed by atoms with Gasteiger partial charge in [-0.3, -0.25) is 19.8 Å². The number of carbonyl (C=O) groups is 4. The zero-order valence-corrected chi connectivity index (χ0v) is 25.8. The van der Waals surface area contributed by atoms with Gasteiger partial charge in [-0.15, -0.1) is 0 Å². The molecule has 2 aliphatic heterocycles. The van der Waals surface area contributed by atoms with Crippen LogP contribution in [0, 0.1) is 11.3 Å². The predicted octanol–water partition coefficient (Wildman–Crippen LogP) is -0.292. The molecule has 2 saturated heterocycles. The van der Waals surface area contributed by atoms with Crippen LogP contribution in [0.2, 0.25) is 0 Å². The molecule has 1 aliphatic carbocycles. The van der Waals surface area contributed by atoms with Crippen molar-refractivity contribution in [3.05, 3.63) is 23.0 Å². The smallest absolute Gasteiger partial charge is 0.341 e. The SMILES string of the molecule is CCC(C)C(=O)OC(C)C1(O)C(C)OC(OC2C(O)C(COC(C)=O)OC(C3=CC(=O)C(=N)C(C(=O)O)=C3O)C2O)CC1OC. The molecule has 0 spiro atoms. The molecule has 16 nitrogen and oxygen atoms in total. The highest BCUT2D eigenvalue weighted by molar-refractivity contribution is 6.54. The summed E-state index contributed by atoms with van der Waals surface area (Å²) in [6, 6.07) is 0. The highest BCUT2D eigenvalue weighted by atomic mass is 16.7. The van der Waals surface area contributed by atoms with Crippen molar-refractivity contribution in [3.63, 3.8) is 0 Å². The van der Waals surface area contributed by atoms with Crippen LogP contribution in [0.5, 0.6) is 0 Å². The molecule has 0 aromatic carbocycles. The summed E-state index contributed by atoms with van der Waals surface area (Å²) < 4.78 is 33.6. The number of ether oxygens (including phenoxy) is 6. The number of hydrogen-bond donors (Lipinski definition) is 6. The van der Waals surface area contributed by atoms with Crippen molar-refractivity contribution in [1.29, 1.82) is 5.41 Å². The molecule has 0 aromatic heterocycles. The minimum Gasteiger partial charge on any atom is -0.507 e. The molecule has 3 aliphatic rings. The van der Waals surface area contributed by atoms with E-state index in [0.29, 0.717) is 6.42 Å². The number of ketones is 1. The maximum atomic E-state index is 12.4. The molecule has 16 heteroatoms. The third-order valence-electron chi connectivity index (χ3n) is 8.43. The summed E-state index contributed by atoms with van der Waals surface area (Å²) in [6.45, 7) is 7.02. The number of methoxy groups -OCH3 is 1. The zero-order chi connectivity index (χ0) is 34.0. The van der Waals surface area contributed by atoms with Crippen molar-refractivity contribution in [2.75, 3.05) is 13.7 Å². The first kappa shape index (κ1) is 36.2. The third-order valence-corrected chi connectivity index (χ3v) is 8.43. The van der Waals surface area contributed by atoms with E-state index in [4.69, 9.17) is 33.8 Å². The minimum atomic E-state index is -1.88. The number of carbonyl (C=O) groups excluding carboxylic acids is 3. The standard InChI is InChI=1S/C29H41NO15/c1-7-11(2)28(38)43-13(4)29(39)12(3)42-19(9-18(29)40-6)45-26-23(34)17(10-41-14(5)31)44-25(24(26)35)15-8-16(32)21(30)20(22(15)33)27(36)37/h8,11-13,17-19,23-26,30,33-35,39H,7,9-10H2,1-6H3,(H,36,37). The Kier molecular flexibility index (Phi) is 11.6. The maximum absolute atomic E-state index is 12.4. The van der Waals surface area contributed by atoms with Gasteiger partial charge in [-0.05, 0) is 26.3 Å². The quantitative estimate of drug-likeness (QED) is 0.125. The Morgan fingerprint density at radius 3 is 2.38 bits per heavy atom. The van der Waals surface area contributed by atoms with Crippen LogP contribution in [0.15, 0.2) is 23.0 Å². The van der Waals surface area contributed by atoms with E-state index in [9.17, 15) is 44.7 Å². The number of carboxylic acids is 1. The van der Waals surface area contributed by atoms with Gasteiger partial charge in [-0.1, -0.05) is 13.8 Å². The lowest BCUT2D eigenvalue weighted by atomic mass is 9.81. The summed E-state index contributed by atoms with van der Waals surface area (Å²) in [5.41, 5.74) is -4.37. The van der Waals surface area contributed by atoms with Gasteiger partial charge in [0.05, 0.1) is 18.1 Å². The van der Waals surface area contributed by atoms with Gasteiger partial charge < -0.3 is 54.0 Å². The summed E-state index contributed by atoms with van der Waals surface area (Å²) >= 11 is 0. The molecule has 3 rings (SSSR count). The number of esters is 2. The Hall–Kier alpha value is -3.25. The second kappa shape index (κ2) is 14.5. The van der Waals surface area contributed by atoms with Gasteiger partial charge in [0.2, 0.25) is 5.78 Å². The number of aliphatic hydroxyl groups is 4. The van der Waals surface area contributed by atoms with E-state index < -0.39 is 120 Å². The second-order valence-electron chi connectivity index (χ2n) is 11.3. The Labute approximate surface area is 259 Å². The summed E-state index contributed by atoms with van der Waals surface area (Å²) in [7, 11) is 1.32. The van der Waals surface area contributed by atoms with Crippen molar-refractivity contribution in [1.82, 2.24) is 0 Å². The Morgan fingerprint density at radius 2 is 1.82 bits per heavy atom. The molecule has 0 aromatic rings. The number of hydrogen-bond acceptors (Lipinski definition) is 15. The lowest BCUT2D eigenvalue weighted by Crippen LogP contribution is -2.67. The van der Waals surface area contributed by atoms with Crippen LogP contribution >= 0.6 is 0 Å². The fourth-order valence-electron chi connectivity index (χ4n) is 5.49. The molecule has 0 amide bonds. The summed E-state index contributed by atoms with van der Waals surface area (Å²) in [5.74, 6) is -5.57. The van der Waals surface area contributed by atoms with Crippen molar-refractivity contribution in [2.45, 2.75) is 108 Å². The second-order valence-corrected chi connectivity index (χ2v) is 11.3. The van der Waals surface area contributed by atoms with Gasteiger partial charge >= 0.3 is 17.9 Å². The number of aliphatic hydroxyl groups excluding tert-OH is 3. The molecule has 0 bridgehead atoms. The molecule has 6 N–H and O–H groups in total. The molecule has 2 heterocycles. The Morgan fingerprint density at radius 1 is 1.18 bits per heavy atom. The average Bonchev–Trinajstić information content (AvgIpc) is 2.97. The first-order valence-electron chi connectivity index (χ1n) is 14.4. The van der Waals surface area contributed by atoms with Gasteiger partial charge in [-0.25, -0.2) is 4.79 Å². The number of aliphatic carboxylic acids is 1. The van der Waals surface area contributed by atoms with Crippen LogP contribution in [0.3, 0.4) is 0 Å². The fraction of sp³-hybridized carbons (Fsp3) is 0.690. The van der Waals surface area contributed by atoms with Crippen molar-refractivity contribution in [2.24, 2.45) is 5.92 Å². The van der Waals surface area contributed by atoms with E-state index in [1.54, 1.807) is 6.92 Å². The van der Waals surface area contributed by atoms with Crippen LogP contribution in [0.1, 0.15) is 47.5 Å². The zero-order valence-electron chi connectivity index (χ0n) is 25.8. The van der Waals surface area contributed by atoms with Crippen molar-refractivity contribution < 1.29 is 73.1 Å². The predicted molar refractivity (Wildman–Crippen MR) is 150 cm³/mol. The molecule has 2 fully saturated rings. The third kappa shape index (κ3) is 7.27. The van der Waals surface area contributed by atoms with Gasteiger partial charge in [-0.2, -0.15) is 0 Å². The molecular weight excluding hydrogens is 602 g/mol. The molecule has 252 valence electrons. The summed E-state index contributed by atoms with van der Waals surface area (Å²) in [4.78, 5) is 48.1. The molecule has 45 heavy (non-hydrogen) atoms. The Bertz CT molecular complexity index is 1250. The van der Waals surface area contributed by atoms with E-state index >= 15 is 0 Å². The van der Waals surface area contributed by atoms with E-state index in [0.717, 1.165) is 13.0 Å². The van der Waals surface area contributed by atoms with E-state index in [-0.39, 0.29) is 6.42 Å². The number of allylic oxidation sites excluding steroid dienone is 1. The molecular formula is C29H41NO15. The van der Waals surface area contributed by atoms with Crippen LogP contribution in [0.4, 0.5) is 0 Å². The average molecular weight is 644 g/mol. The highest BCUT2D eigenvalue weighted by Crippen LogP contribution is 2.39. The van der Waals surface area contributed by atoms with Crippen LogP contribution in [-0.2, 0) is 47.6 Å².